The Morgan fingerprint density at radius 2 is 1.92 bits per heavy atom. The Bertz CT molecular complexity index is 678. The van der Waals surface area contributed by atoms with Gasteiger partial charge in [-0.25, -0.2) is 4.79 Å². The van der Waals surface area contributed by atoms with Crippen molar-refractivity contribution in [2.24, 2.45) is 0 Å². The standard InChI is InChI=1S/C19H24ClN3O3/c20-14-2-4-16(5-3-14)23-13-15(12-17(23)24)21-18(25)22-9-7-19(8-10-22)6-1-11-26-19/h2-5,15H,1,6-13H2,(H,21,25)/t15-/m1/s1. The number of nitrogens with zero attached hydrogens (tertiary/aromatic N) is 2. The van der Waals surface area contributed by atoms with Gasteiger partial charge in [0.25, 0.3) is 0 Å². The number of ether oxygens (including phenoxy) is 1. The van der Waals surface area contributed by atoms with Gasteiger partial charge in [0.1, 0.15) is 0 Å². The van der Waals surface area contributed by atoms with Crippen molar-refractivity contribution in [3.05, 3.63) is 29.3 Å². The monoisotopic (exact) mass is 377 g/mol. The Balaban J connectivity index is 1.31. The summed E-state index contributed by atoms with van der Waals surface area (Å²) in [5.41, 5.74) is 0.820. The van der Waals surface area contributed by atoms with Gasteiger partial charge in [-0.2, -0.15) is 0 Å². The summed E-state index contributed by atoms with van der Waals surface area (Å²) in [7, 11) is 0. The van der Waals surface area contributed by atoms with Crippen LogP contribution in [-0.4, -0.2) is 54.7 Å². The molecule has 0 bridgehead atoms. The minimum absolute atomic E-state index is 0.00544. The van der Waals surface area contributed by atoms with E-state index in [1.165, 1.54) is 0 Å². The van der Waals surface area contributed by atoms with Crippen molar-refractivity contribution < 1.29 is 14.3 Å². The van der Waals surface area contributed by atoms with E-state index in [9.17, 15) is 9.59 Å². The van der Waals surface area contributed by atoms with Gasteiger partial charge in [0.15, 0.2) is 0 Å². The van der Waals surface area contributed by atoms with Gasteiger partial charge < -0.3 is 19.9 Å². The van der Waals surface area contributed by atoms with Crippen molar-refractivity contribution in [1.29, 1.82) is 0 Å². The van der Waals surface area contributed by atoms with Crippen LogP contribution < -0.4 is 10.2 Å². The molecule has 0 aromatic heterocycles. The van der Waals surface area contributed by atoms with Gasteiger partial charge >= 0.3 is 6.03 Å². The summed E-state index contributed by atoms with van der Waals surface area (Å²) in [6.45, 7) is 2.77. The number of benzene rings is 1. The second-order valence-corrected chi connectivity index (χ2v) is 7.89. The van der Waals surface area contributed by atoms with Gasteiger partial charge in [-0.15, -0.1) is 0 Å². The lowest BCUT2D eigenvalue weighted by molar-refractivity contribution is -0.117. The van der Waals surface area contributed by atoms with E-state index < -0.39 is 0 Å². The van der Waals surface area contributed by atoms with Crippen LogP contribution in [0.25, 0.3) is 0 Å². The van der Waals surface area contributed by atoms with Gasteiger partial charge in [0, 0.05) is 43.4 Å². The predicted molar refractivity (Wildman–Crippen MR) is 99.5 cm³/mol. The number of hydrogen-bond acceptors (Lipinski definition) is 3. The van der Waals surface area contributed by atoms with Gasteiger partial charge in [-0.05, 0) is 49.9 Å². The number of halogens is 1. The Kier molecular flexibility index (Phi) is 4.80. The van der Waals surface area contributed by atoms with Crippen LogP contribution in [0, 0.1) is 0 Å². The molecule has 1 atom stereocenters. The number of rotatable bonds is 2. The maximum absolute atomic E-state index is 12.6. The average molecular weight is 378 g/mol. The van der Waals surface area contributed by atoms with E-state index in [1.807, 2.05) is 17.0 Å². The zero-order valence-corrected chi connectivity index (χ0v) is 15.5. The summed E-state index contributed by atoms with van der Waals surface area (Å²) in [4.78, 5) is 28.4. The quantitative estimate of drug-likeness (QED) is 0.862. The molecule has 3 amide bonds. The first-order chi connectivity index (χ1) is 12.5. The largest absolute Gasteiger partial charge is 0.375 e. The van der Waals surface area contributed by atoms with Crippen LogP contribution >= 0.6 is 11.6 Å². The van der Waals surface area contributed by atoms with Crippen LogP contribution in [0.4, 0.5) is 10.5 Å². The Hall–Kier alpha value is -1.79. The van der Waals surface area contributed by atoms with Crippen molar-refractivity contribution in [3.8, 4) is 0 Å². The number of carbonyl (C=O) groups excluding carboxylic acids is 2. The van der Waals surface area contributed by atoms with E-state index >= 15 is 0 Å². The van der Waals surface area contributed by atoms with Crippen molar-refractivity contribution >= 4 is 29.2 Å². The molecule has 0 aliphatic carbocycles. The number of urea groups is 1. The van der Waals surface area contributed by atoms with E-state index in [0.717, 1.165) is 38.0 Å². The molecule has 3 saturated heterocycles. The van der Waals surface area contributed by atoms with Crippen LogP contribution in [0.15, 0.2) is 24.3 Å². The zero-order chi connectivity index (χ0) is 18.1. The molecule has 1 aromatic rings. The molecular formula is C19H24ClN3O3. The minimum atomic E-state index is -0.163. The van der Waals surface area contributed by atoms with Gasteiger partial charge in [0.05, 0.1) is 11.6 Å². The summed E-state index contributed by atoms with van der Waals surface area (Å²) in [6, 6.07) is 6.96. The molecule has 4 rings (SSSR count). The highest BCUT2D eigenvalue weighted by molar-refractivity contribution is 6.30. The SMILES string of the molecule is O=C(N[C@@H]1CC(=O)N(c2ccc(Cl)cc2)C1)N1CCC2(CCCO2)CC1. The smallest absolute Gasteiger partial charge is 0.317 e. The molecule has 3 fully saturated rings. The van der Waals surface area contributed by atoms with Crippen LogP contribution in [0.3, 0.4) is 0 Å². The topological polar surface area (TPSA) is 61.9 Å². The van der Waals surface area contributed by atoms with E-state index in [1.54, 1.807) is 17.0 Å². The highest BCUT2D eigenvalue weighted by Crippen LogP contribution is 2.35. The van der Waals surface area contributed by atoms with Gasteiger partial charge in [-0.1, -0.05) is 11.6 Å². The van der Waals surface area contributed by atoms with E-state index in [0.29, 0.717) is 31.1 Å². The molecule has 1 spiro atoms. The fourth-order valence-electron chi connectivity index (χ4n) is 4.21. The molecule has 0 unspecified atom stereocenters. The summed E-state index contributed by atoms with van der Waals surface area (Å²) in [6.07, 6.45) is 4.36. The van der Waals surface area contributed by atoms with Crippen LogP contribution in [0.5, 0.6) is 0 Å². The maximum atomic E-state index is 12.6. The zero-order valence-electron chi connectivity index (χ0n) is 14.7. The summed E-state index contributed by atoms with van der Waals surface area (Å²) in [5.74, 6) is 0.0228. The second-order valence-electron chi connectivity index (χ2n) is 7.45. The fraction of sp³-hybridized carbons (Fsp3) is 0.579. The highest BCUT2D eigenvalue weighted by atomic mass is 35.5. The molecule has 26 heavy (non-hydrogen) atoms. The number of likely N-dealkylation sites (tertiary alicyclic amines) is 1. The average Bonchev–Trinajstić information content (AvgIpc) is 3.23. The molecule has 0 radical (unpaired) electrons. The molecule has 0 saturated carbocycles. The molecule has 1 aromatic carbocycles. The Labute approximate surface area is 158 Å². The lowest BCUT2D eigenvalue weighted by atomic mass is 9.89. The minimum Gasteiger partial charge on any atom is -0.375 e. The third-order valence-electron chi connectivity index (χ3n) is 5.74. The number of hydrogen-bond donors (Lipinski definition) is 1. The van der Waals surface area contributed by atoms with Gasteiger partial charge in [0.2, 0.25) is 5.91 Å². The third kappa shape index (κ3) is 3.53. The normalized spacial score (nSPS) is 25.1. The number of nitrogens with one attached hydrogen (secondary N) is 1. The van der Waals surface area contributed by atoms with E-state index in [4.69, 9.17) is 16.3 Å². The predicted octanol–water partition coefficient (Wildman–Crippen LogP) is 2.80. The summed E-state index contributed by atoms with van der Waals surface area (Å²) >= 11 is 5.91. The lowest BCUT2D eigenvalue weighted by Gasteiger charge is -2.38. The van der Waals surface area contributed by atoms with Crippen molar-refractivity contribution in [2.45, 2.75) is 43.7 Å². The van der Waals surface area contributed by atoms with Crippen molar-refractivity contribution in [2.75, 3.05) is 31.1 Å². The van der Waals surface area contributed by atoms with Crippen molar-refractivity contribution in [3.63, 3.8) is 0 Å². The molecule has 7 heteroatoms. The van der Waals surface area contributed by atoms with Crippen LogP contribution in [0.2, 0.25) is 5.02 Å². The van der Waals surface area contributed by atoms with E-state index in [-0.39, 0.29) is 23.6 Å². The number of amides is 3. The molecule has 3 heterocycles. The Morgan fingerprint density at radius 3 is 2.58 bits per heavy atom. The van der Waals surface area contributed by atoms with Crippen molar-refractivity contribution in [1.82, 2.24) is 10.2 Å². The summed E-state index contributed by atoms with van der Waals surface area (Å²) < 4.78 is 5.91. The molecule has 140 valence electrons. The second kappa shape index (κ2) is 7.08. The summed E-state index contributed by atoms with van der Waals surface area (Å²) in [5, 5.41) is 3.67. The number of piperidine rings is 1. The lowest BCUT2D eigenvalue weighted by Crippen LogP contribution is -2.52. The number of anilines is 1. The highest BCUT2D eigenvalue weighted by Gasteiger charge is 2.40. The first-order valence-corrected chi connectivity index (χ1v) is 9.68. The van der Waals surface area contributed by atoms with Crippen LogP contribution in [0.1, 0.15) is 32.1 Å². The molecule has 1 N–H and O–H groups in total. The molecule has 3 aliphatic rings. The fourth-order valence-corrected chi connectivity index (χ4v) is 4.33. The number of carbonyl (C=O) groups is 2. The van der Waals surface area contributed by atoms with Crippen LogP contribution in [-0.2, 0) is 9.53 Å². The van der Waals surface area contributed by atoms with E-state index in [2.05, 4.69) is 5.32 Å². The Morgan fingerprint density at radius 1 is 1.19 bits per heavy atom. The first-order valence-electron chi connectivity index (χ1n) is 9.30. The molecular weight excluding hydrogens is 354 g/mol. The molecule has 6 nitrogen and oxygen atoms in total. The first kappa shape index (κ1) is 17.6. The van der Waals surface area contributed by atoms with Gasteiger partial charge in [-0.3, -0.25) is 4.79 Å². The maximum Gasteiger partial charge on any atom is 0.317 e. The third-order valence-corrected chi connectivity index (χ3v) is 5.99. The molecule has 3 aliphatic heterocycles.